The fraction of sp³-hybridized carbons (Fsp3) is 0.500. The van der Waals surface area contributed by atoms with E-state index in [1.54, 1.807) is 6.07 Å². The Morgan fingerprint density at radius 3 is 2.62 bits per heavy atom. The second-order valence-corrected chi connectivity index (χ2v) is 5.07. The van der Waals surface area contributed by atoms with Gasteiger partial charge in [-0.1, -0.05) is 26.0 Å². The van der Waals surface area contributed by atoms with Crippen molar-refractivity contribution in [3.05, 3.63) is 35.4 Å². The lowest BCUT2D eigenvalue weighted by molar-refractivity contribution is 0.0600. The average Bonchev–Trinajstić information content (AvgIpc) is 3.12. The number of rotatable bonds is 3. The lowest BCUT2D eigenvalue weighted by Crippen LogP contribution is -2.20. The van der Waals surface area contributed by atoms with Crippen LogP contribution in [0.1, 0.15) is 42.6 Å². The minimum Gasteiger partial charge on any atom is -0.465 e. The van der Waals surface area contributed by atoms with Crippen LogP contribution in [-0.4, -0.2) is 13.1 Å². The van der Waals surface area contributed by atoms with Crippen LogP contribution in [-0.2, 0) is 10.2 Å². The molecule has 2 rings (SSSR count). The molecule has 1 fully saturated rings. The van der Waals surface area contributed by atoms with Gasteiger partial charge in [0.1, 0.15) is 0 Å². The van der Waals surface area contributed by atoms with Crippen LogP contribution in [0.4, 0.5) is 0 Å². The zero-order valence-electron chi connectivity index (χ0n) is 10.1. The predicted octanol–water partition coefficient (Wildman–Crippen LogP) is 3.16. The van der Waals surface area contributed by atoms with E-state index >= 15 is 0 Å². The number of esters is 1. The quantitative estimate of drug-likeness (QED) is 0.728. The first kappa shape index (κ1) is 11.2. The zero-order chi connectivity index (χ0) is 11.8. The molecule has 0 amide bonds. The Labute approximate surface area is 96.6 Å². The number of hydrogen-bond acceptors (Lipinski definition) is 2. The van der Waals surface area contributed by atoms with Crippen LogP contribution in [0.15, 0.2) is 24.3 Å². The van der Waals surface area contributed by atoms with Crippen LogP contribution < -0.4 is 0 Å². The summed E-state index contributed by atoms with van der Waals surface area (Å²) in [6.45, 7) is 4.50. The van der Waals surface area contributed by atoms with Crippen LogP contribution in [0.25, 0.3) is 0 Å². The van der Waals surface area contributed by atoms with Crippen LogP contribution in [0, 0.1) is 5.92 Å². The molecule has 0 bridgehead atoms. The highest BCUT2D eigenvalue weighted by Gasteiger charge is 2.38. The molecule has 1 saturated carbocycles. The molecule has 0 radical (unpaired) electrons. The average molecular weight is 218 g/mol. The van der Waals surface area contributed by atoms with Gasteiger partial charge >= 0.3 is 5.97 Å². The van der Waals surface area contributed by atoms with Gasteiger partial charge in [-0.25, -0.2) is 4.79 Å². The molecule has 86 valence electrons. The van der Waals surface area contributed by atoms with E-state index in [1.165, 1.54) is 25.5 Å². The lowest BCUT2D eigenvalue weighted by Gasteiger charge is -2.25. The van der Waals surface area contributed by atoms with E-state index < -0.39 is 0 Å². The van der Waals surface area contributed by atoms with E-state index in [0.717, 1.165) is 5.92 Å². The van der Waals surface area contributed by atoms with Crippen LogP contribution in [0.5, 0.6) is 0 Å². The molecule has 0 heterocycles. The van der Waals surface area contributed by atoms with Crippen molar-refractivity contribution in [3.63, 3.8) is 0 Å². The third kappa shape index (κ3) is 1.97. The summed E-state index contributed by atoms with van der Waals surface area (Å²) in [5, 5.41) is 0. The van der Waals surface area contributed by atoms with Gasteiger partial charge in [0.25, 0.3) is 0 Å². The Kier molecular flexibility index (Phi) is 2.75. The van der Waals surface area contributed by atoms with Crippen molar-refractivity contribution in [3.8, 4) is 0 Å². The van der Waals surface area contributed by atoms with Crippen molar-refractivity contribution in [2.24, 2.45) is 5.92 Å². The van der Waals surface area contributed by atoms with E-state index in [1.807, 2.05) is 12.1 Å². The summed E-state index contributed by atoms with van der Waals surface area (Å²) in [7, 11) is 1.42. The Morgan fingerprint density at radius 1 is 1.38 bits per heavy atom. The summed E-state index contributed by atoms with van der Waals surface area (Å²) in [6.07, 6.45) is 2.60. The van der Waals surface area contributed by atoms with Gasteiger partial charge in [-0.05, 0) is 41.9 Å². The lowest BCUT2D eigenvalue weighted by atomic mass is 9.79. The van der Waals surface area contributed by atoms with Gasteiger partial charge in [0.05, 0.1) is 12.7 Å². The standard InChI is InChI=1S/C14H18O2/c1-14(2,11-7-8-11)12-6-4-5-10(9-12)13(15)16-3/h4-6,9,11H,7-8H2,1-3H3. The number of methoxy groups -OCH3 is 1. The number of carbonyl (C=O) groups excluding carboxylic acids is 1. The summed E-state index contributed by atoms with van der Waals surface area (Å²) in [6, 6.07) is 7.80. The van der Waals surface area contributed by atoms with Crippen molar-refractivity contribution in [2.45, 2.75) is 32.1 Å². The number of hydrogen-bond donors (Lipinski definition) is 0. The smallest absolute Gasteiger partial charge is 0.337 e. The van der Waals surface area contributed by atoms with E-state index in [0.29, 0.717) is 5.56 Å². The largest absolute Gasteiger partial charge is 0.465 e. The third-order valence-corrected chi connectivity index (χ3v) is 3.63. The van der Waals surface area contributed by atoms with E-state index in [2.05, 4.69) is 19.9 Å². The molecule has 1 aromatic rings. The van der Waals surface area contributed by atoms with Gasteiger partial charge in [0.15, 0.2) is 0 Å². The first-order chi connectivity index (χ1) is 7.55. The minimum atomic E-state index is -0.256. The van der Waals surface area contributed by atoms with Crippen molar-refractivity contribution >= 4 is 5.97 Å². The van der Waals surface area contributed by atoms with Crippen molar-refractivity contribution in [1.29, 1.82) is 0 Å². The maximum atomic E-state index is 11.5. The number of benzene rings is 1. The summed E-state index contributed by atoms with van der Waals surface area (Å²) >= 11 is 0. The highest BCUT2D eigenvalue weighted by atomic mass is 16.5. The van der Waals surface area contributed by atoms with Gasteiger partial charge in [0.2, 0.25) is 0 Å². The summed E-state index contributed by atoms with van der Waals surface area (Å²) < 4.78 is 4.74. The normalized spacial score (nSPS) is 15.9. The molecule has 1 aliphatic carbocycles. The van der Waals surface area contributed by atoms with Gasteiger partial charge < -0.3 is 4.74 Å². The van der Waals surface area contributed by atoms with Crippen molar-refractivity contribution < 1.29 is 9.53 Å². The fourth-order valence-electron chi connectivity index (χ4n) is 2.21. The molecule has 0 N–H and O–H groups in total. The van der Waals surface area contributed by atoms with Crippen molar-refractivity contribution in [1.82, 2.24) is 0 Å². The molecule has 16 heavy (non-hydrogen) atoms. The summed E-state index contributed by atoms with van der Waals surface area (Å²) in [5.74, 6) is 0.508. The highest BCUT2D eigenvalue weighted by Crippen LogP contribution is 2.46. The van der Waals surface area contributed by atoms with E-state index in [9.17, 15) is 4.79 Å². The monoisotopic (exact) mass is 218 g/mol. The van der Waals surface area contributed by atoms with Crippen LogP contribution >= 0.6 is 0 Å². The maximum Gasteiger partial charge on any atom is 0.337 e. The Balaban J connectivity index is 2.31. The summed E-state index contributed by atoms with van der Waals surface area (Å²) in [5.41, 5.74) is 2.05. The topological polar surface area (TPSA) is 26.3 Å². The number of ether oxygens (including phenoxy) is 1. The Bertz CT molecular complexity index is 403. The molecule has 0 saturated heterocycles. The van der Waals surface area contributed by atoms with Gasteiger partial charge in [-0.3, -0.25) is 0 Å². The molecule has 2 heteroatoms. The molecule has 1 aromatic carbocycles. The van der Waals surface area contributed by atoms with Crippen LogP contribution in [0.2, 0.25) is 0 Å². The van der Waals surface area contributed by atoms with Crippen molar-refractivity contribution in [2.75, 3.05) is 7.11 Å². The van der Waals surface area contributed by atoms with Gasteiger partial charge in [-0.2, -0.15) is 0 Å². The zero-order valence-corrected chi connectivity index (χ0v) is 10.1. The Morgan fingerprint density at radius 2 is 2.06 bits per heavy atom. The molecule has 0 aliphatic heterocycles. The fourth-order valence-corrected chi connectivity index (χ4v) is 2.21. The second-order valence-electron chi connectivity index (χ2n) is 5.07. The SMILES string of the molecule is COC(=O)c1cccc(C(C)(C)C2CC2)c1. The number of carbonyl (C=O) groups is 1. The van der Waals surface area contributed by atoms with Gasteiger partial charge in [0, 0.05) is 0 Å². The molecule has 1 aliphatic rings. The molecule has 2 nitrogen and oxygen atoms in total. The maximum absolute atomic E-state index is 11.5. The third-order valence-electron chi connectivity index (χ3n) is 3.63. The Hall–Kier alpha value is -1.31. The van der Waals surface area contributed by atoms with Crippen LogP contribution in [0.3, 0.4) is 0 Å². The molecular weight excluding hydrogens is 200 g/mol. The highest BCUT2D eigenvalue weighted by molar-refractivity contribution is 5.89. The predicted molar refractivity (Wildman–Crippen MR) is 63.5 cm³/mol. The van der Waals surface area contributed by atoms with E-state index in [4.69, 9.17) is 4.74 Å². The molecule has 0 spiro atoms. The second kappa shape index (κ2) is 3.93. The molecule has 0 atom stereocenters. The molecule has 0 unspecified atom stereocenters. The minimum absolute atomic E-state index is 0.171. The van der Waals surface area contributed by atoms with Gasteiger partial charge in [-0.15, -0.1) is 0 Å². The summed E-state index contributed by atoms with van der Waals surface area (Å²) in [4.78, 5) is 11.5. The van der Waals surface area contributed by atoms with E-state index in [-0.39, 0.29) is 11.4 Å². The first-order valence-electron chi connectivity index (χ1n) is 5.74. The molecular formula is C14H18O2. The first-order valence-corrected chi connectivity index (χ1v) is 5.74. The molecule has 0 aromatic heterocycles.